The first kappa shape index (κ1) is 15.9. The van der Waals surface area contributed by atoms with Crippen molar-refractivity contribution >= 4 is 55.5 Å². The van der Waals surface area contributed by atoms with Gasteiger partial charge in [0.15, 0.2) is 0 Å². The number of rotatable bonds is 0. The average Bonchev–Trinajstić information content (AvgIpc) is 2.64. The molecule has 0 atom stereocenters. The fourth-order valence-electron chi connectivity index (χ4n) is 3.10. The summed E-state index contributed by atoms with van der Waals surface area (Å²) in [6.07, 6.45) is 0. The van der Waals surface area contributed by atoms with Gasteiger partial charge in [0.25, 0.3) is 0 Å². The highest BCUT2D eigenvalue weighted by Gasteiger charge is 2.09. The van der Waals surface area contributed by atoms with Crippen molar-refractivity contribution in [2.75, 3.05) is 11.5 Å². The molecule has 0 saturated heterocycles. The molecule has 9 aromatic rings. The number of nitrogens with one attached hydrogen (secondary N) is 4. The zero-order chi connectivity index (χ0) is 19.4. The van der Waals surface area contributed by atoms with Crippen LogP contribution in [0.1, 0.15) is 0 Å². The van der Waals surface area contributed by atoms with Crippen LogP contribution in [0.2, 0.25) is 0 Å². The molecule has 0 aliphatic carbocycles. The third kappa shape index (κ3) is 2.35. The van der Waals surface area contributed by atoms with E-state index in [4.69, 9.17) is 11.5 Å². The summed E-state index contributed by atoms with van der Waals surface area (Å²) in [5, 5.41) is 32.4. The number of phenols is 2. The van der Waals surface area contributed by atoms with Crippen LogP contribution >= 0.6 is 0 Å². The number of aromatic amines is 4. The molecule has 0 aliphatic heterocycles. The lowest BCUT2D eigenvalue weighted by molar-refractivity contribution is 0.480. The molecule has 9 rings (SSSR count). The Labute approximate surface area is 156 Å². The lowest BCUT2D eigenvalue weighted by Gasteiger charge is -2.07. The van der Waals surface area contributed by atoms with Gasteiger partial charge in [0.05, 0.1) is 39.0 Å². The second-order valence-corrected chi connectivity index (χ2v) is 6.44. The third-order valence-electron chi connectivity index (χ3n) is 4.57. The van der Waals surface area contributed by atoms with Crippen LogP contribution in [0, 0.1) is 0 Å². The van der Waals surface area contributed by atoms with Crippen LogP contribution in [0.25, 0.3) is 44.1 Å². The van der Waals surface area contributed by atoms with E-state index in [-0.39, 0.29) is 11.5 Å². The maximum absolute atomic E-state index is 10.2. The van der Waals surface area contributed by atoms with Crippen molar-refractivity contribution in [1.29, 1.82) is 0 Å². The zero-order valence-corrected chi connectivity index (χ0v) is 14.4. The van der Waals surface area contributed by atoms with E-state index in [1.807, 2.05) is 6.07 Å². The number of hydrogen-bond acceptors (Lipinski definition) is 6. The molecule has 6 bridgehead atoms. The minimum Gasteiger partial charge on any atom is -0.506 e. The number of fused-ring (bicyclic) bond motifs is 2. The number of aromatic nitrogens is 6. The summed E-state index contributed by atoms with van der Waals surface area (Å²) in [5.41, 5.74) is 16.7. The highest BCUT2D eigenvalue weighted by atomic mass is 16.3. The first-order chi connectivity index (χ1) is 13.5. The van der Waals surface area contributed by atoms with E-state index in [2.05, 4.69) is 30.4 Å². The molecule has 0 fully saturated rings. The number of phenolic OH excluding ortho intramolecular Hbond substituents is 2. The van der Waals surface area contributed by atoms with Crippen molar-refractivity contribution in [1.82, 2.24) is 30.4 Å². The van der Waals surface area contributed by atoms with E-state index >= 15 is 0 Å². The van der Waals surface area contributed by atoms with Gasteiger partial charge in [-0.2, -0.15) is 0 Å². The van der Waals surface area contributed by atoms with Crippen LogP contribution in [0.15, 0.2) is 36.4 Å². The minimum absolute atomic E-state index is 0.00537. The summed E-state index contributed by atoms with van der Waals surface area (Å²) in [6.45, 7) is 0. The highest BCUT2D eigenvalue weighted by Crippen LogP contribution is 2.28. The number of nitrogen functional groups attached to an aromatic ring is 2. The van der Waals surface area contributed by atoms with Crippen LogP contribution in [0.4, 0.5) is 11.4 Å². The summed E-state index contributed by atoms with van der Waals surface area (Å²) >= 11 is 0. The van der Waals surface area contributed by atoms with Gasteiger partial charge in [0.2, 0.25) is 0 Å². The van der Waals surface area contributed by atoms with Crippen LogP contribution in [0.3, 0.4) is 0 Å². The predicted molar refractivity (Wildman–Crippen MR) is 108 cm³/mol. The average molecular weight is 376 g/mol. The van der Waals surface area contributed by atoms with Gasteiger partial charge < -0.3 is 21.7 Å². The standard InChI is InChI=1S/C18H16N8O2/c19-7-3-13-15(27)5-11(7)21-17-9-1-2-10(18(17)22-13)24-26-14-4-8(20)12(25-23-9)6-16(14)28/h1-6,23-28H,19-20H2. The highest BCUT2D eigenvalue weighted by molar-refractivity contribution is 6.01. The lowest BCUT2D eigenvalue weighted by atomic mass is 10.2. The Balaban J connectivity index is 2.09. The maximum Gasteiger partial charge on any atom is 0.143 e. The molecule has 6 heterocycles. The van der Waals surface area contributed by atoms with E-state index in [0.717, 1.165) is 0 Å². The van der Waals surface area contributed by atoms with Crippen LogP contribution in [0.5, 0.6) is 11.5 Å². The monoisotopic (exact) mass is 376 g/mol. The quantitative estimate of drug-likeness (QED) is 0.152. The Bertz CT molecular complexity index is 1350. The van der Waals surface area contributed by atoms with E-state index in [1.165, 1.54) is 12.1 Å². The third-order valence-corrected chi connectivity index (χ3v) is 4.57. The first-order valence-electron chi connectivity index (χ1n) is 8.39. The number of aromatic hydroxyl groups is 2. The summed E-state index contributed by atoms with van der Waals surface area (Å²) < 4.78 is 0. The van der Waals surface area contributed by atoms with Crippen molar-refractivity contribution in [2.45, 2.75) is 0 Å². The molecule has 0 saturated carbocycles. The maximum atomic E-state index is 10.2. The molecule has 0 spiro atoms. The van der Waals surface area contributed by atoms with E-state index in [9.17, 15) is 10.2 Å². The fraction of sp³-hybridized carbons (Fsp3) is 0. The summed E-state index contributed by atoms with van der Waals surface area (Å²) in [5.74, 6) is -0.0128. The largest absolute Gasteiger partial charge is 0.506 e. The normalized spacial score (nSPS) is 11.4. The van der Waals surface area contributed by atoms with Gasteiger partial charge in [-0.1, -0.05) is 0 Å². The number of nitrogens with two attached hydrogens (primary N) is 2. The van der Waals surface area contributed by atoms with Crippen molar-refractivity contribution in [3.05, 3.63) is 36.4 Å². The van der Waals surface area contributed by atoms with Crippen LogP contribution in [-0.4, -0.2) is 40.6 Å². The second kappa shape index (κ2) is 5.58. The van der Waals surface area contributed by atoms with E-state index in [0.29, 0.717) is 55.5 Å². The van der Waals surface area contributed by atoms with Gasteiger partial charge in [-0.25, -0.2) is 9.97 Å². The molecule has 0 amide bonds. The molecule has 0 unspecified atom stereocenters. The summed E-state index contributed by atoms with van der Waals surface area (Å²) in [7, 11) is 0. The van der Waals surface area contributed by atoms with E-state index < -0.39 is 0 Å². The summed E-state index contributed by atoms with van der Waals surface area (Å²) in [6, 6.07) is 9.74. The molecule has 10 N–H and O–H groups in total. The molecule has 10 heteroatoms. The van der Waals surface area contributed by atoms with Gasteiger partial charge in [0, 0.05) is 12.1 Å². The van der Waals surface area contributed by atoms with Gasteiger partial charge in [-0.3, -0.25) is 20.4 Å². The first-order valence-corrected chi connectivity index (χ1v) is 8.39. The van der Waals surface area contributed by atoms with Crippen molar-refractivity contribution in [2.24, 2.45) is 0 Å². The van der Waals surface area contributed by atoms with Crippen molar-refractivity contribution < 1.29 is 10.2 Å². The molecule has 6 aromatic heterocycles. The number of benzene rings is 3. The van der Waals surface area contributed by atoms with Gasteiger partial charge >= 0.3 is 0 Å². The SMILES string of the molecule is Nc1cc2nc3c4ccc([nH][nH]c5cc(O)c(cc5N)[nH][nH]4)c3nc1cc2O. The molecule has 140 valence electrons. The van der Waals surface area contributed by atoms with Crippen molar-refractivity contribution in [3.8, 4) is 11.5 Å². The lowest BCUT2D eigenvalue weighted by Crippen LogP contribution is -1.95. The zero-order valence-electron chi connectivity index (χ0n) is 14.4. The van der Waals surface area contributed by atoms with Gasteiger partial charge in [-0.15, -0.1) is 0 Å². The number of nitrogens with zero attached hydrogens (tertiary/aromatic N) is 2. The minimum atomic E-state index is -0.0182. The molecular formula is C18H16N8O2. The van der Waals surface area contributed by atoms with Gasteiger partial charge in [-0.05, 0) is 24.3 Å². The summed E-state index contributed by atoms with van der Waals surface area (Å²) in [4.78, 5) is 9.16. The number of anilines is 2. The predicted octanol–water partition coefficient (Wildman–Crippen LogP) is 2.66. The van der Waals surface area contributed by atoms with E-state index in [1.54, 1.807) is 18.2 Å². The molecule has 3 aromatic carbocycles. The molecule has 10 nitrogen and oxygen atoms in total. The van der Waals surface area contributed by atoms with Gasteiger partial charge in [0.1, 0.15) is 28.0 Å². The van der Waals surface area contributed by atoms with Crippen LogP contribution in [-0.2, 0) is 0 Å². The van der Waals surface area contributed by atoms with Crippen LogP contribution < -0.4 is 11.5 Å². The smallest absolute Gasteiger partial charge is 0.143 e. The molecule has 28 heavy (non-hydrogen) atoms. The molecule has 0 aliphatic rings. The molecular weight excluding hydrogens is 360 g/mol. The Morgan fingerprint density at radius 1 is 0.607 bits per heavy atom. The van der Waals surface area contributed by atoms with Crippen molar-refractivity contribution in [3.63, 3.8) is 0 Å². The Morgan fingerprint density at radius 3 is 1.93 bits per heavy atom. The molecule has 0 radical (unpaired) electrons. The number of H-pyrrole nitrogens is 4. The second-order valence-electron chi connectivity index (χ2n) is 6.44. The Morgan fingerprint density at radius 2 is 1.21 bits per heavy atom. The fourth-order valence-corrected chi connectivity index (χ4v) is 3.10. The Hall–Kier alpha value is -4.34. The topological polar surface area (TPSA) is 181 Å². The Kier molecular flexibility index (Phi) is 3.16. The number of hydrogen-bond donors (Lipinski definition) is 8.